The molecule has 0 fully saturated rings. The van der Waals surface area contributed by atoms with Crippen LogP contribution in [0.1, 0.15) is 23.2 Å². The number of carbonyl (C=O) groups excluding carboxylic acids is 2. The summed E-state index contributed by atoms with van der Waals surface area (Å²) in [5.74, 6) is -0.370. The van der Waals surface area contributed by atoms with Crippen LogP contribution in [0.15, 0.2) is 29.2 Å². The summed E-state index contributed by atoms with van der Waals surface area (Å²) >= 11 is 1.53. The van der Waals surface area contributed by atoms with Gasteiger partial charge in [0.25, 0.3) is 0 Å². The summed E-state index contributed by atoms with van der Waals surface area (Å²) in [7, 11) is 1.32. The summed E-state index contributed by atoms with van der Waals surface area (Å²) in [6.45, 7) is 0. The lowest BCUT2D eigenvalue weighted by Crippen LogP contribution is -2.06. The van der Waals surface area contributed by atoms with Crippen molar-refractivity contribution in [2.24, 2.45) is 0 Å². The molecule has 0 saturated carbocycles. The summed E-state index contributed by atoms with van der Waals surface area (Å²) in [5.41, 5.74) is 0.680. The van der Waals surface area contributed by atoms with Gasteiger partial charge in [-0.3, -0.25) is 9.59 Å². The second-order valence-electron chi connectivity index (χ2n) is 3.20. The number of carbonyl (C=O) groups is 2. The van der Waals surface area contributed by atoms with Crippen molar-refractivity contribution in [1.82, 2.24) is 0 Å². The molecule has 0 radical (unpaired) electrons. The number of benzene rings is 1. The fraction of sp³-hybridized carbons (Fsp3) is 0.333. The molecule has 0 aromatic heterocycles. The number of ketones is 1. The zero-order chi connectivity index (χ0) is 12.0. The quantitative estimate of drug-likeness (QED) is 0.449. The molecular formula is C12H14O3S. The van der Waals surface area contributed by atoms with E-state index in [0.29, 0.717) is 5.56 Å². The van der Waals surface area contributed by atoms with Crippen LogP contribution in [0.5, 0.6) is 0 Å². The molecule has 0 heterocycles. The van der Waals surface area contributed by atoms with Crippen molar-refractivity contribution >= 4 is 23.5 Å². The first kappa shape index (κ1) is 12.8. The van der Waals surface area contributed by atoms with E-state index in [-0.39, 0.29) is 24.6 Å². The maximum Gasteiger partial charge on any atom is 0.305 e. The average molecular weight is 238 g/mol. The number of hydrogen-bond donors (Lipinski definition) is 0. The van der Waals surface area contributed by atoms with Crippen LogP contribution in [0.25, 0.3) is 0 Å². The molecule has 1 aromatic rings. The first-order valence-corrected chi connectivity index (χ1v) is 6.14. The number of rotatable bonds is 5. The molecule has 0 unspecified atom stereocenters. The normalized spacial score (nSPS) is 9.88. The Bertz CT molecular complexity index is 388. The van der Waals surface area contributed by atoms with E-state index in [0.717, 1.165) is 4.90 Å². The summed E-state index contributed by atoms with van der Waals surface area (Å²) in [5, 5.41) is 0. The highest BCUT2D eigenvalue weighted by molar-refractivity contribution is 7.98. The van der Waals surface area contributed by atoms with Gasteiger partial charge in [-0.2, -0.15) is 0 Å². The van der Waals surface area contributed by atoms with Crippen LogP contribution in [0.3, 0.4) is 0 Å². The maximum absolute atomic E-state index is 11.8. The monoisotopic (exact) mass is 238 g/mol. The highest BCUT2D eigenvalue weighted by Gasteiger charge is 2.12. The molecule has 0 atom stereocenters. The van der Waals surface area contributed by atoms with Crippen LogP contribution in [0.2, 0.25) is 0 Å². The Hall–Kier alpha value is -1.29. The van der Waals surface area contributed by atoms with Gasteiger partial charge >= 0.3 is 5.97 Å². The number of ether oxygens (including phenoxy) is 1. The van der Waals surface area contributed by atoms with E-state index < -0.39 is 0 Å². The molecule has 0 saturated heterocycles. The van der Waals surface area contributed by atoms with Crippen LogP contribution in [-0.4, -0.2) is 25.1 Å². The zero-order valence-electron chi connectivity index (χ0n) is 9.36. The Morgan fingerprint density at radius 2 is 1.94 bits per heavy atom. The van der Waals surface area contributed by atoms with Crippen molar-refractivity contribution in [1.29, 1.82) is 0 Å². The molecule has 16 heavy (non-hydrogen) atoms. The minimum atomic E-state index is -0.352. The highest BCUT2D eigenvalue weighted by atomic mass is 32.2. The molecule has 86 valence electrons. The highest BCUT2D eigenvalue weighted by Crippen LogP contribution is 2.21. The van der Waals surface area contributed by atoms with Crippen molar-refractivity contribution in [3.63, 3.8) is 0 Å². The molecular weight excluding hydrogens is 224 g/mol. The standard InChI is InChI=1S/C12H14O3S/c1-15-12(14)8-7-10(13)9-5-3-4-6-11(9)16-2/h3-6H,7-8H2,1-2H3. The third kappa shape index (κ3) is 3.38. The fourth-order valence-electron chi connectivity index (χ4n) is 1.33. The minimum absolute atomic E-state index is 0.0182. The third-order valence-corrected chi connectivity index (χ3v) is 2.99. The van der Waals surface area contributed by atoms with E-state index in [9.17, 15) is 9.59 Å². The van der Waals surface area contributed by atoms with Crippen LogP contribution in [0.4, 0.5) is 0 Å². The van der Waals surface area contributed by atoms with Gasteiger partial charge < -0.3 is 4.74 Å². The Balaban J connectivity index is 2.69. The number of thioether (sulfide) groups is 1. The van der Waals surface area contributed by atoms with Gasteiger partial charge in [-0.25, -0.2) is 0 Å². The Labute approximate surface area is 99.2 Å². The van der Waals surface area contributed by atoms with E-state index >= 15 is 0 Å². The second kappa shape index (κ2) is 6.33. The smallest absolute Gasteiger partial charge is 0.305 e. The summed E-state index contributed by atoms with van der Waals surface area (Å²) in [6, 6.07) is 7.40. The van der Waals surface area contributed by atoms with Crippen molar-refractivity contribution in [2.75, 3.05) is 13.4 Å². The third-order valence-electron chi connectivity index (χ3n) is 2.19. The molecule has 1 aromatic carbocycles. The second-order valence-corrected chi connectivity index (χ2v) is 4.05. The lowest BCUT2D eigenvalue weighted by atomic mass is 10.1. The fourth-order valence-corrected chi connectivity index (χ4v) is 1.94. The SMILES string of the molecule is COC(=O)CCC(=O)c1ccccc1SC. The lowest BCUT2D eigenvalue weighted by Gasteiger charge is -2.05. The molecule has 0 aliphatic heterocycles. The van der Waals surface area contributed by atoms with Crippen molar-refractivity contribution in [3.05, 3.63) is 29.8 Å². The van der Waals surface area contributed by atoms with Gasteiger partial charge in [-0.15, -0.1) is 11.8 Å². The lowest BCUT2D eigenvalue weighted by molar-refractivity contribution is -0.140. The van der Waals surface area contributed by atoms with Crippen LogP contribution < -0.4 is 0 Å². The average Bonchev–Trinajstić information content (AvgIpc) is 2.35. The predicted molar refractivity (Wildman–Crippen MR) is 63.8 cm³/mol. The molecule has 0 N–H and O–H groups in total. The van der Waals surface area contributed by atoms with Crippen LogP contribution in [0, 0.1) is 0 Å². The number of methoxy groups -OCH3 is 1. The van der Waals surface area contributed by atoms with Gasteiger partial charge in [0.15, 0.2) is 5.78 Å². The molecule has 0 aliphatic carbocycles. The molecule has 0 aliphatic rings. The first-order chi connectivity index (χ1) is 7.69. The van der Waals surface area contributed by atoms with Gasteiger partial charge in [-0.05, 0) is 12.3 Å². The predicted octanol–water partition coefficient (Wildman–Crippen LogP) is 2.54. The van der Waals surface area contributed by atoms with Gasteiger partial charge in [0.1, 0.15) is 0 Å². The van der Waals surface area contributed by atoms with E-state index in [2.05, 4.69) is 4.74 Å². The van der Waals surface area contributed by atoms with Gasteiger partial charge in [-0.1, -0.05) is 18.2 Å². The summed E-state index contributed by atoms with van der Waals surface area (Å²) in [6.07, 6.45) is 2.26. The zero-order valence-corrected chi connectivity index (χ0v) is 10.2. The van der Waals surface area contributed by atoms with E-state index in [1.807, 2.05) is 24.5 Å². The topological polar surface area (TPSA) is 43.4 Å². The van der Waals surface area contributed by atoms with Crippen molar-refractivity contribution < 1.29 is 14.3 Å². The van der Waals surface area contributed by atoms with Gasteiger partial charge in [0.05, 0.1) is 13.5 Å². The number of hydrogen-bond acceptors (Lipinski definition) is 4. The number of Topliss-reactive ketones (excluding diaryl/α,β-unsaturated/α-hetero) is 1. The summed E-state index contributed by atoms with van der Waals surface area (Å²) in [4.78, 5) is 23.7. The van der Waals surface area contributed by atoms with E-state index in [1.54, 1.807) is 6.07 Å². The van der Waals surface area contributed by atoms with Gasteiger partial charge in [0, 0.05) is 16.9 Å². The molecule has 4 heteroatoms. The van der Waals surface area contributed by atoms with E-state index in [4.69, 9.17) is 0 Å². The Kier molecular flexibility index (Phi) is 5.05. The van der Waals surface area contributed by atoms with Crippen LogP contribution in [-0.2, 0) is 9.53 Å². The maximum atomic E-state index is 11.8. The molecule has 0 spiro atoms. The molecule has 0 amide bonds. The van der Waals surface area contributed by atoms with E-state index in [1.165, 1.54) is 18.9 Å². The van der Waals surface area contributed by atoms with Crippen molar-refractivity contribution in [2.45, 2.75) is 17.7 Å². The Morgan fingerprint density at radius 1 is 1.25 bits per heavy atom. The molecule has 1 rings (SSSR count). The summed E-state index contributed by atoms with van der Waals surface area (Å²) < 4.78 is 4.50. The van der Waals surface area contributed by atoms with Crippen LogP contribution >= 0.6 is 11.8 Å². The van der Waals surface area contributed by atoms with Crippen molar-refractivity contribution in [3.8, 4) is 0 Å². The van der Waals surface area contributed by atoms with Gasteiger partial charge in [0.2, 0.25) is 0 Å². The Morgan fingerprint density at radius 3 is 2.56 bits per heavy atom. The minimum Gasteiger partial charge on any atom is -0.469 e. The first-order valence-electron chi connectivity index (χ1n) is 4.92. The molecule has 3 nitrogen and oxygen atoms in total. The molecule has 0 bridgehead atoms. The largest absolute Gasteiger partial charge is 0.469 e. The number of esters is 1.